The number of fused-ring (bicyclic) bond motifs is 1. The minimum Gasteiger partial charge on any atom is -0.489 e. The Bertz CT molecular complexity index is 1090. The molecule has 3 aromatic carbocycles. The van der Waals surface area contributed by atoms with E-state index in [2.05, 4.69) is 5.32 Å². The average Bonchev–Trinajstić information content (AvgIpc) is 2.96. The van der Waals surface area contributed by atoms with Crippen molar-refractivity contribution in [1.82, 2.24) is 0 Å². The summed E-state index contributed by atoms with van der Waals surface area (Å²) >= 11 is 18.1. The molecule has 4 rings (SSSR count). The molecule has 0 radical (unpaired) electrons. The molecule has 28 heavy (non-hydrogen) atoms. The van der Waals surface area contributed by atoms with E-state index in [1.807, 2.05) is 42.5 Å². The maximum Gasteiger partial charge on any atom is 0.256 e. The van der Waals surface area contributed by atoms with E-state index in [1.54, 1.807) is 24.3 Å². The van der Waals surface area contributed by atoms with E-state index >= 15 is 0 Å². The van der Waals surface area contributed by atoms with E-state index in [-0.39, 0.29) is 5.91 Å². The number of hydrogen-bond acceptors (Lipinski definition) is 2. The van der Waals surface area contributed by atoms with E-state index in [0.717, 1.165) is 22.4 Å². The quantitative estimate of drug-likeness (QED) is 0.467. The van der Waals surface area contributed by atoms with Crippen LogP contribution in [-0.2, 0) is 11.4 Å². The highest BCUT2D eigenvalue weighted by atomic mass is 35.5. The lowest BCUT2D eigenvalue weighted by Gasteiger charge is -2.08. The normalized spacial score (nSPS) is 14.1. The van der Waals surface area contributed by atoms with Gasteiger partial charge in [0.15, 0.2) is 0 Å². The van der Waals surface area contributed by atoms with Crippen LogP contribution < -0.4 is 10.1 Å². The zero-order valence-corrected chi connectivity index (χ0v) is 16.8. The Balaban J connectivity index is 1.49. The fraction of sp³-hybridized carbons (Fsp3) is 0.0455. The van der Waals surface area contributed by atoms with Crippen molar-refractivity contribution in [1.29, 1.82) is 0 Å². The SMILES string of the molecule is O=C1Nc2cc(Cl)ccc2/C1=C\c1ccc(OCc2ccc(Cl)cc2Cl)cc1. The third-order valence-electron chi connectivity index (χ3n) is 4.37. The first-order chi connectivity index (χ1) is 13.5. The van der Waals surface area contributed by atoms with Crippen molar-refractivity contribution >= 4 is 58.0 Å². The predicted molar refractivity (Wildman–Crippen MR) is 115 cm³/mol. The zero-order chi connectivity index (χ0) is 19.7. The van der Waals surface area contributed by atoms with Gasteiger partial charge in [-0.05, 0) is 48.0 Å². The summed E-state index contributed by atoms with van der Waals surface area (Å²) in [5.74, 6) is 0.561. The van der Waals surface area contributed by atoms with Gasteiger partial charge in [-0.3, -0.25) is 4.79 Å². The number of halogens is 3. The van der Waals surface area contributed by atoms with Crippen molar-refractivity contribution in [3.05, 3.63) is 92.4 Å². The third-order valence-corrected chi connectivity index (χ3v) is 5.19. The van der Waals surface area contributed by atoms with Gasteiger partial charge in [0.05, 0.1) is 5.69 Å². The molecule has 0 unspecified atom stereocenters. The summed E-state index contributed by atoms with van der Waals surface area (Å²) in [7, 11) is 0. The van der Waals surface area contributed by atoms with Gasteiger partial charge in [-0.15, -0.1) is 0 Å². The summed E-state index contributed by atoms with van der Waals surface area (Å²) in [6, 6.07) is 18.2. The number of anilines is 1. The smallest absolute Gasteiger partial charge is 0.256 e. The van der Waals surface area contributed by atoms with Crippen molar-refractivity contribution in [2.75, 3.05) is 5.32 Å². The molecule has 0 fully saturated rings. The van der Waals surface area contributed by atoms with E-state index in [0.29, 0.717) is 33.0 Å². The van der Waals surface area contributed by atoms with Crippen LogP contribution in [0.2, 0.25) is 15.1 Å². The van der Waals surface area contributed by atoms with Gasteiger partial charge in [-0.2, -0.15) is 0 Å². The van der Waals surface area contributed by atoms with Crippen molar-refractivity contribution in [2.24, 2.45) is 0 Å². The lowest BCUT2D eigenvalue weighted by atomic mass is 10.0. The van der Waals surface area contributed by atoms with Crippen molar-refractivity contribution in [3.63, 3.8) is 0 Å². The number of carbonyl (C=O) groups is 1. The molecule has 0 saturated carbocycles. The maximum absolute atomic E-state index is 12.3. The van der Waals surface area contributed by atoms with Crippen LogP contribution >= 0.6 is 34.8 Å². The Morgan fingerprint density at radius 2 is 1.61 bits per heavy atom. The number of rotatable bonds is 4. The Labute approximate surface area is 177 Å². The van der Waals surface area contributed by atoms with Crippen molar-refractivity contribution < 1.29 is 9.53 Å². The van der Waals surface area contributed by atoms with Crippen molar-refractivity contribution in [2.45, 2.75) is 6.61 Å². The Kier molecular flexibility index (Phi) is 5.31. The predicted octanol–water partition coefficient (Wildman–Crippen LogP) is 6.72. The summed E-state index contributed by atoms with van der Waals surface area (Å²) in [4.78, 5) is 12.3. The lowest BCUT2D eigenvalue weighted by molar-refractivity contribution is -0.110. The molecule has 0 bridgehead atoms. The molecule has 1 N–H and O–H groups in total. The Morgan fingerprint density at radius 1 is 0.893 bits per heavy atom. The minimum atomic E-state index is -0.144. The highest BCUT2D eigenvalue weighted by Crippen LogP contribution is 2.35. The van der Waals surface area contributed by atoms with Gasteiger partial charge in [-0.1, -0.05) is 59.1 Å². The number of amides is 1. The summed E-state index contributed by atoms with van der Waals surface area (Å²) in [5.41, 5.74) is 3.92. The summed E-state index contributed by atoms with van der Waals surface area (Å²) in [6.45, 7) is 0.340. The van der Waals surface area contributed by atoms with Crippen LogP contribution in [0.4, 0.5) is 5.69 Å². The molecule has 0 saturated heterocycles. The lowest BCUT2D eigenvalue weighted by Crippen LogP contribution is -2.03. The molecule has 0 aromatic heterocycles. The summed E-state index contributed by atoms with van der Waals surface area (Å²) in [5, 5.41) is 4.57. The monoisotopic (exact) mass is 429 g/mol. The van der Waals surface area contributed by atoms with E-state index in [9.17, 15) is 4.79 Å². The van der Waals surface area contributed by atoms with Crippen LogP contribution in [0.1, 0.15) is 16.7 Å². The van der Waals surface area contributed by atoms with E-state index in [1.165, 1.54) is 0 Å². The molecular weight excluding hydrogens is 417 g/mol. The van der Waals surface area contributed by atoms with Crippen molar-refractivity contribution in [3.8, 4) is 5.75 Å². The van der Waals surface area contributed by atoms with E-state index < -0.39 is 0 Å². The van der Waals surface area contributed by atoms with Crippen LogP contribution in [0.5, 0.6) is 5.75 Å². The van der Waals surface area contributed by atoms with Crippen LogP contribution in [0.3, 0.4) is 0 Å². The molecule has 1 amide bonds. The first kappa shape index (κ1) is 18.9. The van der Waals surface area contributed by atoms with Gasteiger partial charge < -0.3 is 10.1 Å². The second-order valence-corrected chi connectivity index (χ2v) is 7.58. The summed E-state index contributed by atoms with van der Waals surface area (Å²) < 4.78 is 5.79. The minimum absolute atomic E-state index is 0.144. The van der Waals surface area contributed by atoms with Crippen LogP contribution in [0, 0.1) is 0 Å². The highest BCUT2D eigenvalue weighted by molar-refractivity contribution is 6.36. The first-order valence-electron chi connectivity index (χ1n) is 8.49. The Morgan fingerprint density at radius 3 is 2.36 bits per heavy atom. The Hall–Kier alpha value is -2.46. The first-order valence-corrected chi connectivity index (χ1v) is 9.63. The fourth-order valence-electron chi connectivity index (χ4n) is 2.94. The van der Waals surface area contributed by atoms with Crippen LogP contribution in [-0.4, -0.2) is 5.91 Å². The molecule has 1 aliphatic heterocycles. The summed E-state index contributed by atoms with van der Waals surface area (Å²) in [6.07, 6.45) is 1.84. The van der Waals surface area contributed by atoms with E-state index in [4.69, 9.17) is 39.5 Å². The molecule has 140 valence electrons. The van der Waals surface area contributed by atoms with Gasteiger partial charge in [0, 0.05) is 31.8 Å². The van der Waals surface area contributed by atoms with Gasteiger partial charge in [0.25, 0.3) is 5.91 Å². The van der Waals surface area contributed by atoms with Gasteiger partial charge in [0.2, 0.25) is 0 Å². The topological polar surface area (TPSA) is 38.3 Å². The molecule has 1 aliphatic rings. The number of hydrogen-bond donors (Lipinski definition) is 1. The molecular formula is C22H14Cl3NO2. The van der Waals surface area contributed by atoms with Gasteiger partial charge in [-0.25, -0.2) is 0 Å². The zero-order valence-electron chi connectivity index (χ0n) is 14.5. The highest BCUT2D eigenvalue weighted by Gasteiger charge is 2.23. The molecule has 0 spiro atoms. The third kappa shape index (κ3) is 4.02. The van der Waals surface area contributed by atoms with Crippen LogP contribution in [0.25, 0.3) is 11.6 Å². The number of benzene rings is 3. The number of nitrogens with one attached hydrogen (secondary N) is 1. The van der Waals surface area contributed by atoms with Crippen LogP contribution in [0.15, 0.2) is 60.7 Å². The van der Waals surface area contributed by atoms with Gasteiger partial charge >= 0.3 is 0 Å². The molecule has 3 nitrogen and oxygen atoms in total. The maximum atomic E-state index is 12.3. The average molecular weight is 431 g/mol. The molecule has 0 atom stereocenters. The number of ether oxygens (including phenoxy) is 1. The second kappa shape index (κ2) is 7.88. The molecule has 1 heterocycles. The molecule has 6 heteroatoms. The largest absolute Gasteiger partial charge is 0.489 e. The fourth-order valence-corrected chi connectivity index (χ4v) is 3.57. The molecule has 0 aliphatic carbocycles. The second-order valence-electron chi connectivity index (χ2n) is 6.30. The molecule has 3 aromatic rings. The number of carbonyl (C=O) groups excluding carboxylic acids is 1. The standard InChI is InChI=1S/C22H14Cl3NO2/c23-15-4-3-14(20(25)10-15)12-28-17-6-1-13(2-7-17)9-19-18-8-5-16(24)11-21(18)26-22(19)27/h1-11H,12H2,(H,26,27)/b19-9+. The van der Waals surface area contributed by atoms with Gasteiger partial charge in [0.1, 0.15) is 12.4 Å².